The van der Waals surface area contributed by atoms with E-state index in [4.69, 9.17) is 5.11 Å². The summed E-state index contributed by atoms with van der Waals surface area (Å²) in [5.41, 5.74) is 1.71. The molecule has 1 aromatic heterocycles. The van der Waals surface area contributed by atoms with E-state index < -0.39 is 10.9 Å². The molecule has 23 heavy (non-hydrogen) atoms. The third-order valence-corrected chi connectivity index (χ3v) is 3.34. The number of nitro groups is 1. The van der Waals surface area contributed by atoms with E-state index in [2.05, 4.69) is 10.3 Å². The van der Waals surface area contributed by atoms with Crippen LogP contribution in [-0.4, -0.2) is 27.0 Å². The Morgan fingerprint density at radius 3 is 2.57 bits per heavy atom. The van der Waals surface area contributed by atoms with Gasteiger partial charge in [-0.05, 0) is 34.4 Å². The lowest BCUT2D eigenvalue weighted by Gasteiger charge is -2.18. The minimum absolute atomic E-state index is 0.0465. The molecule has 2 rings (SSSR count). The molecule has 120 valence electrons. The number of rotatable bonds is 8. The minimum Gasteiger partial charge on any atom is -0.481 e. The Bertz CT molecular complexity index is 659. The van der Waals surface area contributed by atoms with Gasteiger partial charge in [0.2, 0.25) is 0 Å². The summed E-state index contributed by atoms with van der Waals surface area (Å²) < 4.78 is 0. The first-order chi connectivity index (χ1) is 11.0. The maximum atomic E-state index is 10.8. The van der Waals surface area contributed by atoms with Gasteiger partial charge in [0.15, 0.2) is 6.20 Å². The normalized spacial score (nSPS) is 11.7. The van der Waals surface area contributed by atoms with Gasteiger partial charge >= 0.3 is 11.8 Å². The van der Waals surface area contributed by atoms with E-state index in [9.17, 15) is 14.9 Å². The molecule has 0 bridgehead atoms. The molecule has 0 saturated carbocycles. The molecule has 1 aromatic carbocycles. The second-order valence-electron chi connectivity index (χ2n) is 5.13. The predicted molar refractivity (Wildman–Crippen MR) is 85.3 cm³/mol. The van der Waals surface area contributed by atoms with Crippen LogP contribution >= 0.6 is 0 Å². The van der Waals surface area contributed by atoms with Crippen LogP contribution in [0.2, 0.25) is 0 Å². The van der Waals surface area contributed by atoms with E-state index in [-0.39, 0.29) is 18.3 Å². The molecular weight excluding hydrogens is 298 g/mol. The summed E-state index contributed by atoms with van der Waals surface area (Å²) in [7, 11) is 0. The molecule has 0 radical (unpaired) electrons. The fraction of sp³-hybridized carbons (Fsp3) is 0.250. The molecule has 0 aliphatic carbocycles. The maximum Gasteiger partial charge on any atom is 0.363 e. The number of nitrogens with zero attached hydrogens (tertiary/aromatic N) is 2. The SMILES string of the molecule is O=C(O)CCC(Cc1ccccc1)Nc1ccc([N+](=O)[O-])nc1. The van der Waals surface area contributed by atoms with E-state index in [0.717, 1.165) is 5.56 Å². The first-order valence-electron chi connectivity index (χ1n) is 7.17. The van der Waals surface area contributed by atoms with Crippen LogP contribution in [0, 0.1) is 10.1 Å². The monoisotopic (exact) mass is 315 g/mol. The Balaban J connectivity index is 2.06. The van der Waals surface area contributed by atoms with Crippen LogP contribution in [0.4, 0.5) is 11.5 Å². The number of hydrogen-bond donors (Lipinski definition) is 2. The van der Waals surface area contributed by atoms with E-state index in [1.807, 2.05) is 30.3 Å². The molecule has 2 aromatic rings. The maximum absolute atomic E-state index is 10.8. The van der Waals surface area contributed by atoms with Crippen molar-refractivity contribution in [3.63, 3.8) is 0 Å². The summed E-state index contributed by atoms with van der Waals surface area (Å²) in [5.74, 6) is -1.08. The van der Waals surface area contributed by atoms with E-state index in [0.29, 0.717) is 18.5 Å². The number of carbonyl (C=O) groups is 1. The summed E-state index contributed by atoms with van der Waals surface area (Å²) in [6, 6.07) is 12.5. The number of aliphatic carboxylic acids is 1. The van der Waals surface area contributed by atoms with Gasteiger partial charge in [-0.1, -0.05) is 30.3 Å². The van der Waals surface area contributed by atoms with Crippen molar-refractivity contribution >= 4 is 17.5 Å². The highest BCUT2D eigenvalue weighted by Gasteiger charge is 2.14. The first-order valence-corrected chi connectivity index (χ1v) is 7.17. The first kappa shape index (κ1) is 16.4. The number of carboxylic acid groups (broad SMARTS) is 1. The third-order valence-electron chi connectivity index (χ3n) is 3.34. The molecule has 1 heterocycles. The highest BCUT2D eigenvalue weighted by atomic mass is 16.6. The van der Waals surface area contributed by atoms with Crippen LogP contribution in [0.1, 0.15) is 18.4 Å². The average Bonchev–Trinajstić information content (AvgIpc) is 2.54. The second kappa shape index (κ2) is 7.88. The molecule has 0 aliphatic heterocycles. The molecular formula is C16H17N3O4. The van der Waals surface area contributed by atoms with Gasteiger partial charge < -0.3 is 20.5 Å². The standard InChI is InChI=1S/C16H17N3O4/c20-16(21)9-7-13(10-12-4-2-1-3-5-12)18-14-6-8-15(17-11-14)19(22)23/h1-6,8,11,13,18H,7,9-10H2,(H,20,21). The Morgan fingerprint density at radius 2 is 2.00 bits per heavy atom. The zero-order valence-electron chi connectivity index (χ0n) is 12.4. The van der Waals surface area contributed by atoms with Crippen LogP contribution in [0.15, 0.2) is 48.7 Å². The molecule has 0 saturated heterocycles. The molecule has 0 aliphatic rings. The third kappa shape index (κ3) is 5.39. The number of carboxylic acids is 1. The fourth-order valence-corrected chi connectivity index (χ4v) is 2.24. The largest absolute Gasteiger partial charge is 0.481 e. The van der Waals surface area contributed by atoms with Crippen molar-refractivity contribution in [2.75, 3.05) is 5.32 Å². The van der Waals surface area contributed by atoms with Crippen LogP contribution in [0.5, 0.6) is 0 Å². The van der Waals surface area contributed by atoms with Crippen molar-refractivity contribution in [3.8, 4) is 0 Å². The quantitative estimate of drug-likeness (QED) is 0.573. The number of anilines is 1. The predicted octanol–water partition coefficient (Wildman–Crippen LogP) is 2.88. The van der Waals surface area contributed by atoms with E-state index >= 15 is 0 Å². The van der Waals surface area contributed by atoms with Gasteiger partial charge in [0.05, 0.1) is 5.69 Å². The van der Waals surface area contributed by atoms with Crippen molar-refractivity contribution in [1.29, 1.82) is 0 Å². The fourth-order valence-electron chi connectivity index (χ4n) is 2.24. The van der Waals surface area contributed by atoms with Crippen molar-refractivity contribution in [2.24, 2.45) is 0 Å². The Kier molecular flexibility index (Phi) is 5.62. The molecule has 0 amide bonds. The van der Waals surface area contributed by atoms with Crippen molar-refractivity contribution in [1.82, 2.24) is 4.98 Å². The highest BCUT2D eigenvalue weighted by Crippen LogP contribution is 2.16. The summed E-state index contributed by atoms with van der Waals surface area (Å²) in [6.45, 7) is 0. The molecule has 1 atom stereocenters. The topological polar surface area (TPSA) is 105 Å². The van der Waals surface area contributed by atoms with Gasteiger partial charge in [-0.25, -0.2) is 0 Å². The highest BCUT2D eigenvalue weighted by molar-refractivity contribution is 5.66. The number of nitrogens with one attached hydrogen (secondary N) is 1. The van der Waals surface area contributed by atoms with Crippen LogP contribution in [0.25, 0.3) is 0 Å². The van der Waals surface area contributed by atoms with E-state index in [1.54, 1.807) is 6.07 Å². The molecule has 2 N–H and O–H groups in total. The van der Waals surface area contributed by atoms with Gasteiger partial charge in [0.25, 0.3) is 0 Å². The number of pyridine rings is 1. The second-order valence-corrected chi connectivity index (χ2v) is 5.13. The number of hydrogen-bond acceptors (Lipinski definition) is 5. The molecule has 7 heteroatoms. The molecule has 7 nitrogen and oxygen atoms in total. The lowest BCUT2D eigenvalue weighted by molar-refractivity contribution is -0.389. The van der Waals surface area contributed by atoms with Gasteiger partial charge in [0, 0.05) is 18.5 Å². The summed E-state index contributed by atoms with van der Waals surface area (Å²) in [6.07, 6.45) is 2.54. The van der Waals surface area contributed by atoms with Crippen molar-refractivity contribution in [2.45, 2.75) is 25.3 Å². The molecule has 0 fully saturated rings. The number of benzene rings is 1. The zero-order chi connectivity index (χ0) is 16.7. The van der Waals surface area contributed by atoms with Crippen molar-refractivity contribution in [3.05, 3.63) is 64.3 Å². The Hall–Kier alpha value is -2.96. The van der Waals surface area contributed by atoms with E-state index in [1.165, 1.54) is 12.3 Å². The summed E-state index contributed by atoms with van der Waals surface area (Å²) in [5, 5.41) is 22.7. The van der Waals surface area contributed by atoms with Gasteiger partial charge in [-0.15, -0.1) is 0 Å². The molecule has 1 unspecified atom stereocenters. The summed E-state index contributed by atoms with van der Waals surface area (Å²) in [4.78, 5) is 24.6. The average molecular weight is 315 g/mol. The van der Waals surface area contributed by atoms with Gasteiger partial charge in [0.1, 0.15) is 0 Å². The van der Waals surface area contributed by atoms with Crippen LogP contribution in [0.3, 0.4) is 0 Å². The minimum atomic E-state index is -0.855. The van der Waals surface area contributed by atoms with Crippen molar-refractivity contribution < 1.29 is 14.8 Å². The zero-order valence-corrected chi connectivity index (χ0v) is 12.4. The summed E-state index contributed by atoms with van der Waals surface area (Å²) >= 11 is 0. The molecule has 0 spiro atoms. The van der Waals surface area contributed by atoms with Gasteiger partial charge in [-0.2, -0.15) is 0 Å². The number of aromatic nitrogens is 1. The van der Waals surface area contributed by atoms with Crippen LogP contribution in [-0.2, 0) is 11.2 Å². The lowest BCUT2D eigenvalue weighted by atomic mass is 10.0. The van der Waals surface area contributed by atoms with Gasteiger partial charge in [-0.3, -0.25) is 4.79 Å². The Morgan fingerprint density at radius 1 is 1.26 bits per heavy atom. The lowest BCUT2D eigenvalue weighted by Crippen LogP contribution is -2.23. The Labute approximate surface area is 133 Å². The van der Waals surface area contributed by atoms with Crippen LogP contribution < -0.4 is 5.32 Å². The smallest absolute Gasteiger partial charge is 0.363 e.